The van der Waals surface area contributed by atoms with Gasteiger partial charge in [-0.05, 0) is 113 Å². The second-order valence-electron chi connectivity index (χ2n) is 16.0. The molecule has 0 saturated carbocycles. The van der Waals surface area contributed by atoms with Crippen molar-refractivity contribution in [2.24, 2.45) is 0 Å². The Morgan fingerprint density at radius 3 is 1.14 bits per heavy atom. The van der Waals surface area contributed by atoms with E-state index < -0.39 is 0 Å². The average molecular weight is 802 g/mol. The molecule has 296 valence electrons. The van der Waals surface area contributed by atoms with Crippen molar-refractivity contribution in [1.82, 2.24) is 0 Å². The summed E-state index contributed by atoms with van der Waals surface area (Å²) in [7, 11) is 0. The van der Waals surface area contributed by atoms with Gasteiger partial charge in [-0.3, -0.25) is 0 Å². The molecule has 1 heteroatoms. The highest BCUT2D eigenvalue weighted by molar-refractivity contribution is 6.22. The minimum atomic E-state index is 1.08. The SMILES string of the molecule is c1ccc(-c2ccccc2N(c2ccc(-c3cccc(-c4ccccc4)c3-c3ccccc3)cc2)c2ccc3c(-c4ccccc4)c(-c4ccccc4)c4ccccc4c3c2)cc1. The van der Waals surface area contributed by atoms with Crippen LogP contribution in [0, 0.1) is 0 Å². The molecule has 63 heavy (non-hydrogen) atoms. The van der Waals surface area contributed by atoms with Crippen molar-refractivity contribution in [1.29, 1.82) is 0 Å². The second-order valence-corrected chi connectivity index (χ2v) is 16.0. The van der Waals surface area contributed by atoms with Crippen LogP contribution in [-0.2, 0) is 0 Å². The number of rotatable bonds is 9. The first-order valence-corrected chi connectivity index (χ1v) is 21.7. The fourth-order valence-electron chi connectivity index (χ4n) is 9.44. The Labute approximate surface area is 369 Å². The summed E-state index contributed by atoms with van der Waals surface area (Å²) in [6.07, 6.45) is 0. The van der Waals surface area contributed by atoms with Crippen molar-refractivity contribution >= 4 is 38.6 Å². The zero-order valence-corrected chi connectivity index (χ0v) is 34.8. The normalized spacial score (nSPS) is 11.2. The topological polar surface area (TPSA) is 3.24 Å². The van der Waals surface area contributed by atoms with Gasteiger partial charge in [0.15, 0.2) is 0 Å². The van der Waals surface area contributed by atoms with Crippen LogP contribution in [0.5, 0.6) is 0 Å². The van der Waals surface area contributed by atoms with Crippen LogP contribution >= 0.6 is 0 Å². The van der Waals surface area contributed by atoms with Crippen molar-refractivity contribution in [2.45, 2.75) is 0 Å². The van der Waals surface area contributed by atoms with Crippen LogP contribution in [0.3, 0.4) is 0 Å². The molecule has 0 aliphatic carbocycles. The summed E-state index contributed by atoms with van der Waals surface area (Å²) >= 11 is 0. The van der Waals surface area contributed by atoms with Gasteiger partial charge in [0.05, 0.1) is 5.69 Å². The Hall–Kier alpha value is -8.26. The summed E-state index contributed by atoms with van der Waals surface area (Å²) in [4.78, 5) is 2.44. The molecule has 0 N–H and O–H groups in total. The van der Waals surface area contributed by atoms with Crippen molar-refractivity contribution in [3.05, 3.63) is 261 Å². The lowest BCUT2D eigenvalue weighted by atomic mass is 9.85. The molecule has 0 unspecified atom stereocenters. The molecule has 0 amide bonds. The Kier molecular flexibility index (Phi) is 9.97. The van der Waals surface area contributed by atoms with Crippen molar-refractivity contribution in [3.8, 4) is 66.8 Å². The highest BCUT2D eigenvalue weighted by Gasteiger charge is 2.22. The lowest BCUT2D eigenvalue weighted by Crippen LogP contribution is -2.11. The molecule has 0 aromatic heterocycles. The van der Waals surface area contributed by atoms with Crippen LogP contribution in [0.1, 0.15) is 0 Å². The third kappa shape index (κ3) is 7.06. The van der Waals surface area contributed by atoms with E-state index in [1.165, 1.54) is 82.7 Å². The lowest BCUT2D eigenvalue weighted by Gasteiger charge is -2.29. The maximum atomic E-state index is 2.44. The molecule has 0 aliphatic rings. The zero-order valence-electron chi connectivity index (χ0n) is 34.8. The molecule has 0 bridgehead atoms. The standard InChI is InChI=1S/C62H43N/c1-6-21-44(22-7-1)52-31-18-19-36-59(52)63(50-39-37-46(38-40-50)54-35-20-34-53(45-23-8-2-9-24-45)60(54)47-25-10-3-11-26-47)51-41-42-57-58(43-51)55-32-16-17-33-56(55)61(48-27-12-4-13-28-48)62(57)49-29-14-5-15-30-49/h1-43H. The van der Waals surface area contributed by atoms with Crippen LogP contribution in [0.4, 0.5) is 17.1 Å². The Balaban J connectivity index is 1.13. The Bertz CT molecular complexity index is 3340. The number of fused-ring (bicyclic) bond motifs is 3. The summed E-state index contributed by atoms with van der Waals surface area (Å²) in [6.45, 7) is 0. The number of benzene rings is 11. The van der Waals surface area contributed by atoms with Crippen LogP contribution in [0.15, 0.2) is 261 Å². The van der Waals surface area contributed by atoms with E-state index in [1.807, 2.05) is 0 Å². The summed E-state index contributed by atoms with van der Waals surface area (Å²) in [5.74, 6) is 0. The van der Waals surface area contributed by atoms with E-state index in [-0.39, 0.29) is 0 Å². The van der Waals surface area contributed by atoms with E-state index in [2.05, 4.69) is 266 Å². The monoisotopic (exact) mass is 801 g/mol. The maximum absolute atomic E-state index is 2.44. The van der Waals surface area contributed by atoms with Crippen molar-refractivity contribution in [3.63, 3.8) is 0 Å². The molecule has 11 rings (SSSR count). The van der Waals surface area contributed by atoms with E-state index in [0.29, 0.717) is 0 Å². The largest absolute Gasteiger partial charge is 0.310 e. The van der Waals surface area contributed by atoms with E-state index in [4.69, 9.17) is 0 Å². The number of nitrogens with zero attached hydrogens (tertiary/aromatic N) is 1. The predicted molar refractivity (Wildman–Crippen MR) is 269 cm³/mol. The molecule has 0 radical (unpaired) electrons. The average Bonchev–Trinajstić information content (AvgIpc) is 3.37. The van der Waals surface area contributed by atoms with Gasteiger partial charge in [0.2, 0.25) is 0 Å². The minimum Gasteiger partial charge on any atom is -0.310 e. The molecule has 0 heterocycles. The fraction of sp³-hybridized carbons (Fsp3) is 0. The number of para-hydroxylation sites is 1. The number of hydrogen-bond donors (Lipinski definition) is 0. The first kappa shape index (κ1) is 37.7. The molecular weight excluding hydrogens is 759 g/mol. The van der Waals surface area contributed by atoms with Crippen LogP contribution in [0.2, 0.25) is 0 Å². The highest BCUT2D eigenvalue weighted by Crippen LogP contribution is 2.48. The van der Waals surface area contributed by atoms with Gasteiger partial charge in [0.25, 0.3) is 0 Å². The van der Waals surface area contributed by atoms with Gasteiger partial charge in [-0.25, -0.2) is 0 Å². The quantitative estimate of drug-likeness (QED) is 0.131. The van der Waals surface area contributed by atoms with Crippen LogP contribution in [-0.4, -0.2) is 0 Å². The molecule has 0 aliphatic heterocycles. The van der Waals surface area contributed by atoms with Gasteiger partial charge < -0.3 is 4.90 Å². The van der Waals surface area contributed by atoms with Gasteiger partial charge >= 0.3 is 0 Å². The Morgan fingerprint density at radius 2 is 0.587 bits per heavy atom. The maximum Gasteiger partial charge on any atom is 0.0540 e. The van der Waals surface area contributed by atoms with Gasteiger partial charge in [-0.15, -0.1) is 0 Å². The van der Waals surface area contributed by atoms with E-state index in [0.717, 1.165) is 22.6 Å². The molecule has 0 saturated heterocycles. The summed E-state index contributed by atoms with van der Waals surface area (Å²) in [5, 5.41) is 4.90. The summed E-state index contributed by atoms with van der Waals surface area (Å²) in [5.41, 5.74) is 17.7. The zero-order chi connectivity index (χ0) is 42.0. The summed E-state index contributed by atoms with van der Waals surface area (Å²) in [6, 6.07) is 94.6. The van der Waals surface area contributed by atoms with Crippen LogP contribution < -0.4 is 4.90 Å². The molecule has 11 aromatic rings. The third-order valence-corrected chi connectivity index (χ3v) is 12.3. The third-order valence-electron chi connectivity index (χ3n) is 12.3. The predicted octanol–water partition coefficient (Wildman–Crippen LogP) is 17.5. The van der Waals surface area contributed by atoms with Crippen LogP contribution in [0.25, 0.3) is 88.3 Å². The minimum absolute atomic E-state index is 1.08. The van der Waals surface area contributed by atoms with E-state index >= 15 is 0 Å². The second kappa shape index (κ2) is 16.7. The molecule has 0 fully saturated rings. The molecular formula is C62H43N. The van der Waals surface area contributed by atoms with E-state index in [1.54, 1.807) is 0 Å². The lowest BCUT2D eigenvalue weighted by molar-refractivity contribution is 1.29. The van der Waals surface area contributed by atoms with Crippen molar-refractivity contribution in [2.75, 3.05) is 4.90 Å². The van der Waals surface area contributed by atoms with Gasteiger partial charge in [0, 0.05) is 16.9 Å². The van der Waals surface area contributed by atoms with Gasteiger partial charge in [0.1, 0.15) is 0 Å². The summed E-state index contributed by atoms with van der Waals surface area (Å²) < 4.78 is 0. The first-order chi connectivity index (χ1) is 31.3. The Morgan fingerprint density at radius 1 is 0.206 bits per heavy atom. The van der Waals surface area contributed by atoms with Gasteiger partial charge in [-0.2, -0.15) is 0 Å². The smallest absolute Gasteiger partial charge is 0.0540 e. The van der Waals surface area contributed by atoms with Crippen molar-refractivity contribution < 1.29 is 0 Å². The fourth-order valence-corrected chi connectivity index (χ4v) is 9.44. The van der Waals surface area contributed by atoms with Gasteiger partial charge in [-0.1, -0.05) is 231 Å². The highest BCUT2D eigenvalue weighted by atomic mass is 15.1. The number of anilines is 3. The molecule has 1 nitrogen and oxygen atoms in total. The molecule has 0 spiro atoms. The number of hydrogen-bond acceptors (Lipinski definition) is 1. The first-order valence-electron chi connectivity index (χ1n) is 21.7. The van der Waals surface area contributed by atoms with E-state index in [9.17, 15) is 0 Å². The molecule has 0 atom stereocenters. The molecule has 11 aromatic carbocycles.